The van der Waals surface area contributed by atoms with Gasteiger partial charge in [-0.05, 0) is 59.7 Å². The molecule has 2 heterocycles. The normalized spacial score (nSPS) is 10.8. The van der Waals surface area contributed by atoms with E-state index in [4.69, 9.17) is 26.1 Å². The molecule has 0 N–H and O–H groups in total. The lowest BCUT2D eigenvalue weighted by atomic mass is 10.1. The third-order valence-corrected chi connectivity index (χ3v) is 7.17. The quantitative estimate of drug-likeness (QED) is 0.193. The summed E-state index contributed by atoms with van der Waals surface area (Å²) in [5.41, 5.74) is 7.00. The van der Waals surface area contributed by atoms with Crippen LogP contribution in [0.2, 0.25) is 5.15 Å². The highest BCUT2D eigenvalue weighted by Gasteiger charge is 2.19. The zero-order valence-corrected chi connectivity index (χ0v) is 23.6. The largest absolute Gasteiger partial charge is 0.497 e. The fourth-order valence-electron chi connectivity index (χ4n) is 4.64. The van der Waals surface area contributed by atoms with E-state index in [9.17, 15) is 5.26 Å². The lowest BCUT2D eigenvalue weighted by Crippen LogP contribution is -2.23. The Morgan fingerprint density at radius 3 is 2.00 bits per heavy atom. The Morgan fingerprint density at radius 1 is 0.875 bits per heavy atom. The van der Waals surface area contributed by atoms with Crippen molar-refractivity contribution in [2.75, 3.05) is 31.1 Å². The van der Waals surface area contributed by atoms with E-state index in [1.807, 2.05) is 66.3 Å². The maximum absolute atomic E-state index is 9.22. The van der Waals surface area contributed by atoms with Gasteiger partial charge in [-0.2, -0.15) is 5.26 Å². The van der Waals surface area contributed by atoms with Crippen molar-refractivity contribution >= 4 is 39.7 Å². The molecule has 0 saturated carbocycles. The van der Waals surface area contributed by atoms with Gasteiger partial charge in [-0.1, -0.05) is 35.9 Å². The number of aromatic nitrogens is 3. The molecule has 0 aliphatic carbocycles. The number of benzene rings is 3. The van der Waals surface area contributed by atoms with Crippen molar-refractivity contribution in [2.45, 2.75) is 13.1 Å². The third-order valence-electron chi connectivity index (χ3n) is 6.89. The van der Waals surface area contributed by atoms with Gasteiger partial charge in [0.05, 0.1) is 37.4 Å². The second-order valence-corrected chi connectivity index (χ2v) is 9.78. The summed E-state index contributed by atoms with van der Waals surface area (Å²) in [6.07, 6.45) is 1.83. The Morgan fingerprint density at radius 2 is 1.48 bits per heavy atom. The van der Waals surface area contributed by atoms with Crippen molar-refractivity contribution in [3.63, 3.8) is 0 Å². The highest BCUT2D eigenvalue weighted by atomic mass is 35.5. The van der Waals surface area contributed by atoms with Crippen LogP contribution in [-0.2, 0) is 20.1 Å². The summed E-state index contributed by atoms with van der Waals surface area (Å²) in [4.78, 5) is 13.3. The Labute approximate surface area is 238 Å². The van der Waals surface area contributed by atoms with E-state index in [0.29, 0.717) is 18.8 Å². The molecule has 0 spiro atoms. The number of halogens is 1. The third kappa shape index (κ3) is 5.51. The molecule has 0 bridgehead atoms. The summed E-state index contributed by atoms with van der Waals surface area (Å²) >= 11 is 6.50. The lowest BCUT2D eigenvalue weighted by molar-refractivity contribution is 0.414. The van der Waals surface area contributed by atoms with E-state index in [1.54, 1.807) is 20.3 Å². The number of anilines is 3. The topological polar surface area (TPSA) is 79.4 Å². The van der Waals surface area contributed by atoms with Gasteiger partial charge in [0, 0.05) is 32.9 Å². The lowest BCUT2D eigenvalue weighted by Gasteiger charge is -2.28. The number of ether oxygens (including phenoxy) is 2. The number of hydrogen-bond donors (Lipinski definition) is 0. The summed E-state index contributed by atoms with van der Waals surface area (Å²) in [5.74, 6) is 1.63. The van der Waals surface area contributed by atoms with Crippen LogP contribution in [0.3, 0.4) is 0 Å². The van der Waals surface area contributed by atoms with Crippen molar-refractivity contribution < 1.29 is 9.47 Å². The van der Waals surface area contributed by atoms with Gasteiger partial charge in [0.1, 0.15) is 28.8 Å². The molecule has 0 aliphatic heterocycles. The highest BCUT2D eigenvalue weighted by molar-refractivity contribution is 6.32. The van der Waals surface area contributed by atoms with Crippen molar-refractivity contribution in [1.29, 1.82) is 5.26 Å². The number of aryl methyl sites for hydroxylation is 1. The zero-order chi connectivity index (χ0) is 28.2. The van der Waals surface area contributed by atoms with Gasteiger partial charge in [-0.15, -0.1) is 0 Å². The van der Waals surface area contributed by atoms with E-state index < -0.39 is 0 Å². The molecule has 40 heavy (non-hydrogen) atoms. The standard InChI is InChI=1S/C31H29ClN6O2/c1-36-20-34-30-28(36)15-24(37(2)27-14-9-23(17-33)35-31(27)32)16-29(30)38(18-21-5-10-25(39-3)11-6-21)19-22-7-12-26(40-4)13-8-22/h5-16,20H,18-19H2,1-4H3. The highest BCUT2D eigenvalue weighted by Crippen LogP contribution is 2.37. The monoisotopic (exact) mass is 552 g/mol. The molecule has 0 atom stereocenters. The summed E-state index contributed by atoms with van der Waals surface area (Å²) in [6.45, 7) is 1.29. The molecular weight excluding hydrogens is 524 g/mol. The number of nitrogens with zero attached hydrogens (tertiary/aromatic N) is 6. The fourth-order valence-corrected chi connectivity index (χ4v) is 4.92. The van der Waals surface area contributed by atoms with Gasteiger partial charge in [0.15, 0.2) is 5.15 Å². The van der Waals surface area contributed by atoms with Crippen molar-refractivity contribution in [2.24, 2.45) is 7.05 Å². The van der Waals surface area contributed by atoms with Crippen LogP contribution in [0, 0.1) is 11.3 Å². The van der Waals surface area contributed by atoms with E-state index in [2.05, 4.69) is 46.3 Å². The van der Waals surface area contributed by atoms with E-state index >= 15 is 0 Å². The molecule has 202 valence electrons. The van der Waals surface area contributed by atoms with E-state index in [1.165, 1.54) is 0 Å². The number of imidazole rings is 1. The Balaban J connectivity index is 1.61. The maximum Gasteiger partial charge on any atom is 0.154 e. The van der Waals surface area contributed by atoms with Gasteiger partial charge in [0.2, 0.25) is 0 Å². The first kappa shape index (κ1) is 26.9. The average molecular weight is 553 g/mol. The van der Waals surface area contributed by atoms with Crippen LogP contribution < -0.4 is 19.3 Å². The first-order valence-electron chi connectivity index (χ1n) is 12.7. The fraction of sp³-hybridized carbons (Fsp3) is 0.194. The van der Waals surface area contributed by atoms with Crippen molar-refractivity contribution in [3.05, 3.63) is 101 Å². The summed E-state index contributed by atoms with van der Waals surface area (Å²) in [5, 5.41) is 9.48. The molecule has 0 unspecified atom stereocenters. The Hall–Kier alpha value is -4.74. The Bertz CT molecular complexity index is 1630. The number of rotatable bonds is 9. The van der Waals surface area contributed by atoms with Crippen LogP contribution >= 0.6 is 11.6 Å². The van der Waals surface area contributed by atoms with Crippen molar-refractivity contribution in [3.8, 4) is 17.6 Å². The van der Waals surface area contributed by atoms with Gasteiger partial charge in [-0.25, -0.2) is 9.97 Å². The maximum atomic E-state index is 9.22. The number of hydrogen-bond acceptors (Lipinski definition) is 7. The number of methoxy groups -OCH3 is 2. The van der Waals surface area contributed by atoms with Gasteiger partial charge >= 0.3 is 0 Å². The molecule has 0 amide bonds. The number of nitriles is 1. The minimum absolute atomic E-state index is 0.265. The second-order valence-electron chi connectivity index (χ2n) is 9.42. The molecule has 0 aliphatic rings. The molecule has 5 rings (SSSR count). The van der Waals surface area contributed by atoms with Gasteiger partial charge in [-0.3, -0.25) is 0 Å². The predicted octanol–water partition coefficient (Wildman–Crippen LogP) is 6.49. The minimum atomic E-state index is 0.265. The number of pyridine rings is 1. The van der Waals surface area contributed by atoms with Gasteiger partial charge < -0.3 is 23.8 Å². The smallest absolute Gasteiger partial charge is 0.154 e. The molecule has 2 aromatic heterocycles. The molecule has 0 fully saturated rings. The minimum Gasteiger partial charge on any atom is -0.497 e. The summed E-state index contributed by atoms with van der Waals surface area (Å²) in [6, 6.07) is 25.9. The van der Waals surface area contributed by atoms with E-state index in [0.717, 1.165) is 45.0 Å². The molecule has 5 aromatic rings. The zero-order valence-electron chi connectivity index (χ0n) is 22.8. The SMILES string of the molecule is COc1ccc(CN(Cc2ccc(OC)cc2)c2cc(N(C)c3ccc(C#N)nc3Cl)cc3c2ncn3C)cc1. The van der Waals surface area contributed by atoms with Crippen molar-refractivity contribution in [1.82, 2.24) is 14.5 Å². The summed E-state index contributed by atoms with van der Waals surface area (Å²) in [7, 11) is 7.25. The van der Waals surface area contributed by atoms with E-state index in [-0.39, 0.29) is 10.8 Å². The first-order valence-corrected chi connectivity index (χ1v) is 13.0. The van der Waals surface area contributed by atoms with Crippen LogP contribution in [0.1, 0.15) is 16.8 Å². The predicted molar refractivity (Wildman–Crippen MR) is 159 cm³/mol. The molecular formula is C31H29ClN6O2. The molecule has 8 nitrogen and oxygen atoms in total. The van der Waals surface area contributed by atoms with Crippen LogP contribution in [-0.4, -0.2) is 35.8 Å². The first-order chi connectivity index (χ1) is 19.4. The second kappa shape index (κ2) is 11.6. The van der Waals surface area contributed by atoms with Crippen LogP contribution in [0.5, 0.6) is 11.5 Å². The molecule has 3 aromatic carbocycles. The molecule has 0 saturated heterocycles. The molecule has 0 radical (unpaired) electrons. The van der Waals surface area contributed by atoms with Gasteiger partial charge in [0.25, 0.3) is 0 Å². The summed E-state index contributed by atoms with van der Waals surface area (Å²) < 4.78 is 12.7. The van der Waals surface area contributed by atoms with Crippen LogP contribution in [0.25, 0.3) is 11.0 Å². The van der Waals surface area contributed by atoms with Crippen LogP contribution in [0.4, 0.5) is 17.1 Å². The Kier molecular flexibility index (Phi) is 7.76. The van der Waals surface area contributed by atoms with Crippen LogP contribution in [0.15, 0.2) is 79.1 Å². The number of fused-ring (bicyclic) bond motifs is 1. The molecule has 9 heteroatoms. The average Bonchev–Trinajstić information content (AvgIpc) is 3.37.